The van der Waals surface area contributed by atoms with Gasteiger partial charge in [-0.2, -0.15) is 0 Å². The number of hydrogen-bond donors (Lipinski definition) is 1. The van der Waals surface area contributed by atoms with Gasteiger partial charge in [0, 0.05) is 4.88 Å². The Morgan fingerprint density at radius 2 is 2.12 bits per heavy atom. The number of nitrogens with zero attached hydrogens (tertiary/aromatic N) is 2. The molecule has 94 valence electrons. The SMILES string of the molecule is Cc1nc(COC2CCC(=NO)CC2)sc1C. The average Bonchev–Trinajstić information content (AvgIpc) is 2.67. The van der Waals surface area contributed by atoms with Crippen molar-refractivity contribution in [3.63, 3.8) is 0 Å². The molecule has 0 spiro atoms. The van der Waals surface area contributed by atoms with Crippen molar-refractivity contribution in [2.24, 2.45) is 5.16 Å². The molecule has 0 bridgehead atoms. The lowest BCUT2D eigenvalue weighted by molar-refractivity contribution is 0.0276. The van der Waals surface area contributed by atoms with Gasteiger partial charge < -0.3 is 9.94 Å². The van der Waals surface area contributed by atoms with Crippen LogP contribution in [-0.2, 0) is 11.3 Å². The highest BCUT2D eigenvalue weighted by Crippen LogP contribution is 2.22. The molecule has 1 aliphatic rings. The summed E-state index contributed by atoms with van der Waals surface area (Å²) in [5, 5.41) is 13.0. The summed E-state index contributed by atoms with van der Waals surface area (Å²) in [6, 6.07) is 0. The van der Waals surface area contributed by atoms with E-state index in [1.54, 1.807) is 11.3 Å². The third-order valence-corrected chi connectivity index (χ3v) is 4.21. The Kier molecular flexibility index (Phi) is 4.12. The molecule has 0 radical (unpaired) electrons. The molecule has 4 nitrogen and oxygen atoms in total. The highest BCUT2D eigenvalue weighted by Gasteiger charge is 2.18. The molecular formula is C12H18N2O2S. The summed E-state index contributed by atoms with van der Waals surface area (Å²) in [5.74, 6) is 0. The highest BCUT2D eigenvalue weighted by atomic mass is 32.1. The minimum atomic E-state index is 0.282. The molecule has 1 aromatic heterocycles. The maximum absolute atomic E-state index is 8.66. The fraction of sp³-hybridized carbons (Fsp3) is 0.667. The van der Waals surface area contributed by atoms with Gasteiger partial charge in [-0.25, -0.2) is 4.98 Å². The second-order valence-electron chi connectivity index (χ2n) is 4.43. The lowest BCUT2D eigenvalue weighted by Gasteiger charge is -2.22. The minimum Gasteiger partial charge on any atom is -0.411 e. The van der Waals surface area contributed by atoms with E-state index in [1.807, 2.05) is 6.92 Å². The molecule has 0 atom stereocenters. The lowest BCUT2D eigenvalue weighted by Crippen LogP contribution is -2.21. The highest BCUT2D eigenvalue weighted by molar-refractivity contribution is 7.11. The van der Waals surface area contributed by atoms with E-state index in [9.17, 15) is 0 Å². The molecule has 0 unspecified atom stereocenters. The van der Waals surface area contributed by atoms with E-state index in [4.69, 9.17) is 9.94 Å². The Labute approximate surface area is 105 Å². The largest absolute Gasteiger partial charge is 0.411 e. The molecule has 1 aromatic rings. The molecule has 5 heteroatoms. The number of oxime groups is 1. The van der Waals surface area contributed by atoms with Crippen molar-refractivity contribution in [2.45, 2.75) is 52.2 Å². The van der Waals surface area contributed by atoms with Gasteiger partial charge in [-0.1, -0.05) is 5.16 Å². The first-order valence-corrected chi connectivity index (χ1v) is 6.75. The number of rotatable bonds is 3. The van der Waals surface area contributed by atoms with Gasteiger partial charge in [0.15, 0.2) is 0 Å². The summed E-state index contributed by atoms with van der Waals surface area (Å²) in [6.45, 7) is 4.72. The van der Waals surface area contributed by atoms with E-state index in [-0.39, 0.29) is 6.10 Å². The van der Waals surface area contributed by atoms with Crippen molar-refractivity contribution >= 4 is 17.0 Å². The average molecular weight is 254 g/mol. The lowest BCUT2D eigenvalue weighted by atomic mass is 9.96. The summed E-state index contributed by atoms with van der Waals surface area (Å²) in [6.07, 6.45) is 3.87. The Balaban J connectivity index is 1.79. The molecule has 0 aromatic carbocycles. The summed E-state index contributed by atoms with van der Waals surface area (Å²) in [7, 11) is 0. The van der Waals surface area contributed by atoms with Gasteiger partial charge in [0.1, 0.15) is 5.01 Å². The van der Waals surface area contributed by atoms with Crippen molar-refractivity contribution in [2.75, 3.05) is 0 Å². The zero-order valence-electron chi connectivity index (χ0n) is 10.3. The quantitative estimate of drug-likeness (QED) is 0.666. The van der Waals surface area contributed by atoms with Crippen LogP contribution in [0.5, 0.6) is 0 Å². The fourth-order valence-electron chi connectivity index (χ4n) is 1.98. The Morgan fingerprint density at radius 3 is 2.65 bits per heavy atom. The fourth-order valence-corrected chi connectivity index (χ4v) is 2.84. The second-order valence-corrected chi connectivity index (χ2v) is 5.71. The third kappa shape index (κ3) is 3.26. The van der Waals surface area contributed by atoms with Gasteiger partial charge in [0.25, 0.3) is 0 Å². The molecular weight excluding hydrogens is 236 g/mol. The van der Waals surface area contributed by atoms with Crippen LogP contribution in [0, 0.1) is 13.8 Å². The van der Waals surface area contributed by atoms with Crippen LogP contribution in [0.3, 0.4) is 0 Å². The first-order valence-electron chi connectivity index (χ1n) is 5.93. The van der Waals surface area contributed by atoms with Crippen LogP contribution in [0.1, 0.15) is 41.3 Å². The van der Waals surface area contributed by atoms with Gasteiger partial charge in [-0.05, 0) is 39.5 Å². The van der Waals surface area contributed by atoms with Crippen molar-refractivity contribution in [1.29, 1.82) is 0 Å². The maximum atomic E-state index is 8.66. The second kappa shape index (κ2) is 5.60. The smallest absolute Gasteiger partial charge is 0.119 e. The predicted octanol–water partition coefficient (Wildman–Crippen LogP) is 3.05. The van der Waals surface area contributed by atoms with Crippen molar-refractivity contribution < 1.29 is 9.94 Å². The van der Waals surface area contributed by atoms with Crippen LogP contribution in [-0.4, -0.2) is 22.0 Å². The van der Waals surface area contributed by atoms with E-state index >= 15 is 0 Å². The molecule has 0 saturated heterocycles. The van der Waals surface area contributed by atoms with Crippen LogP contribution in [0.2, 0.25) is 0 Å². The van der Waals surface area contributed by atoms with Crippen LogP contribution < -0.4 is 0 Å². The molecule has 1 aliphatic carbocycles. The first kappa shape index (κ1) is 12.5. The number of ether oxygens (including phenoxy) is 1. The van der Waals surface area contributed by atoms with Crippen LogP contribution >= 0.6 is 11.3 Å². The Hall–Kier alpha value is -0.940. The van der Waals surface area contributed by atoms with Gasteiger partial charge in [-0.15, -0.1) is 11.3 Å². The van der Waals surface area contributed by atoms with E-state index in [1.165, 1.54) is 4.88 Å². The topological polar surface area (TPSA) is 54.7 Å². The Bertz CT molecular complexity index is 385. The monoisotopic (exact) mass is 254 g/mol. The first-order chi connectivity index (χ1) is 8.19. The zero-order chi connectivity index (χ0) is 12.3. The van der Waals surface area contributed by atoms with Crippen molar-refractivity contribution in [1.82, 2.24) is 4.98 Å². The zero-order valence-corrected chi connectivity index (χ0v) is 11.1. The van der Waals surface area contributed by atoms with Crippen LogP contribution in [0.15, 0.2) is 5.16 Å². The predicted molar refractivity (Wildman–Crippen MR) is 67.9 cm³/mol. The molecule has 1 saturated carbocycles. The number of thiazole rings is 1. The van der Waals surface area contributed by atoms with Crippen LogP contribution in [0.25, 0.3) is 0 Å². The van der Waals surface area contributed by atoms with Crippen molar-refractivity contribution in [3.05, 3.63) is 15.6 Å². The molecule has 2 rings (SSSR count). The van der Waals surface area contributed by atoms with Crippen LogP contribution in [0.4, 0.5) is 0 Å². The maximum Gasteiger partial charge on any atom is 0.119 e. The molecule has 1 heterocycles. The van der Waals surface area contributed by atoms with E-state index in [0.717, 1.165) is 42.1 Å². The number of hydrogen-bond acceptors (Lipinski definition) is 5. The van der Waals surface area contributed by atoms with Crippen molar-refractivity contribution in [3.8, 4) is 0 Å². The molecule has 0 aliphatic heterocycles. The molecule has 17 heavy (non-hydrogen) atoms. The third-order valence-electron chi connectivity index (χ3n) is 3.17. The number of aromatic nitrogens is 1. The van der Waals surface area contributed by atoms with E-state index in [2.05, 4.69) is 17.1 Å². The standard InChI is InChI=1S/C12H18N2O2S/c1-8-9(2)17-12(13-8)7-16-11-5-3-10(14-15)4-6-11/h11,15H,3-7H2,1-2H3. The summed E-state index contributed by atoms with van der Waals surface area (Å²) < 4.78 is 5.84. The normalized spacial score (nSPS) is 20.6. The van der Waals surface area contributed by atoms with Gasteiger partial charge in [0.2, 0.25) is 0 Å². The Morgan fingerprint density at radius 1 is 1.41 bits per heavy atom. The minimum absolute atomic E-state index is 0.282. The van der Waals surface area contributed by atoms with E-state index in [0.29, 0.717) is 6.61 Å². The molecule has 1 fully saturated rings. The molecule has 1 N–H and O–H groups in total. The summed E-state index contributed by atoms with van der Waals surface area (Å²) in [5.41, 5.74) is 2.00. The van der Waals surface area contributed by atoms with Gasteiger partial charge in [0.05, 0.1) is 24.1 Å². The van der Waals surface area contributed by atoms with E-state index < -0.39 is 0 Å². The molecule has 0 amide bonds. The summed E-state index contributed by atoms with van der Waals surface area (Å²) in [4.78, 5) is 5.72. The van der Waals surface area contributed by atoms with Gasteiger partial charge in [-0.3, -0.25) is 0 Å². The van der Waals surface area contributed by atoms with Gasteiger partial charge >= 0.3 is 0 Å². The summed E-state index contributed by atoms with van der Waals surface area (Å²) >= 11 is 1.71. The number of aryl methyl sites for hydroxylation is 2.